The third kappa shape index (κ3) is 2.13. The predicted octanol–water partition coefficient (Wildman–Crippen LogP) is 0.579. The second-order valence-corrected chi connectivity index (χ2v) is 6.28. The molecule has 0 saturated carbocycles. The maximum atomic E-state index is 13.6. The fourth-order valence-corrected chi connectivity index (χ4v) is 4.02. The Morgan fingerprint density at radius 3 is 2.94 bits per heavy atom. The Morgan fingerprint density at radius 1 is 1.61 bits per heavy atom. The van der Waals surface area contributed by atoms with Crippen LogP contribution in [0.2, 0.25) is 0 Å². The Hall–Kier alpha value is -1.05. The lowest BCUT2D eigenvalue weighted by Crippen LogP contribution is -2.42. The molecule has 2 atom stereocenters. The molecular formula is C11H16FN3O2S. The summed E-state index contributed by atoms with van der Waals surface area (Å²) in [4.78, 5) is 3.64. The molecule has 2 rings (SSSR count). The van der Waals surface area contributed by atoms with Gasteiger partial charge in [-0.2, -0.15) is 4.31 Å². The molecule has 100 valence electrons. The Bertz CT molecular complexity index is 535. The minimum Gasteiger partial charge on any atom is -0.329 e. The lowest BCUT2D eigenvalue weighted by Gasteiger charge is -2.24. The Labute approximate surface area is 106 Å². The smallest absolute Gasteiger partial charge is 0.263 e. The number of aromatic nitrogens is 1. The number of hydrogen-bond donors (Lipinski definition) is 1. The first-order valence-electron chi connectivity index (χ1n) is 5.81. The molecule has 5 nitrogen and oxygen atoms in total. The van der Waals surface area contributed by atoms with E-state index in [0.29, 0.717) is 6.54 Å². The van der Waals surface area contributed by atoms with E-state index in [9.17, 15) is 12.8 Å². The third-order valence-corrected chi connectivity index (χ3v) is 5.21. The molecule has 0 radical (unpaired) electrons. The fraction of sp³-hybridized carbons (Fsp3) is 0.545. The van der Waals surface area contributed by atoms with Crippen LogP contribution in [0.1, 0.15) is 13.3 Å². The van der Waals surface area contributed by atoms with E-state index in [1.807, 2.05) is 6.92 Å². The van der Waals surface area contributed by atoms with E-state index in [1.165, 1.54) is 16.6 Å². The second kappa shape index (κ2) is 4.91. The van der Waals surface area contributed by atoms with Crippen LogP contribution in [-0.4, -0.2) is 36.8 Å². The third-order valence-electron chi connectivity index (χ3n) is 3.35. The van der Waals surface area contributed by atoms with Gasteiger partial charge in [0.25, 0.3) is 10.0 Å². The molecule has 0 spiro atoms. The molecule has 1 aliphatic heterocycles. The van der Waals surface area contributed by atoms with Gasteiger partial charge in [0.2, 0.25) is 5.03 Å². The molecule has 1 aliphatic rings. The van der Waals surface area contributed by atoms with Gasteiger partial charge in [0, 0.05) is 25.3 Å². The summed E-state index contributed by atoms with van der Waals surface area (Å²) in [5.74, 6) is -0.649. The van der Waals surface area contributed by atoms with Gasteiger partial charge in [-0.15, -0.1) is 0 Å². The van der Waals surface area contributed by atoms with Crippen LogP contribution in [0.15, 0.2) is 23.4 Å². The molecule has 2 heterocycles. The van der Waals surface area contributed by atoms with E-state index in [0.717, 1.165) is 12.5 Å². The standard InChI is InChI=1S/C11H16FN3O2S/c1-8-4-6-15(10(8)7-13)18(16,17)11-9(12)3-2-5-14-11/h2-3,5,8,10H,4,6-7,13H2,1H3. The number of nitrogens with two attached hydrogens (primary N) is 1. The first kappa shape index (κ1) is 13.4. The summed E-state index contributed by atoms with van der Waals surface area (Å²) in [6, 6.07) is 2.18. The Balaban J connectivity index is 2.41. The average molecular weight is 273 g/mol. The first-order valence-corrected chi connectivity index (χ1v) is 7.25. The molecule has 1 saturated heterocycles. The van der Waals surface area contributed by atoms with Crippen LogP contribution in [0.25, 0.3) is 0 Å². The maximum absolute atomic E-state index is 13.6. The normalized spacial score (nSPS) is 25.5. The van der Waals surface area contributed by atoms with Crippen LogP contribution in [0.3, 0.4) is 0 Å². The molecule has 2 N–H and O–H groups in total. The van der Waals surface area contributed by atoms with Crippen molar-refractivity contribution >= 4 is 10.0 Å². The molecule has 1 aromatic rings. The highest BCUT2D eigenvalue weighted by atomic mass is 32.2. The second-order valence-electron chi connectivity index (χ2n) is 4.48. The number of sulfonamides is 1. The van der Waals surface area contributed by atoms with Crippen LogP contribution < -0.4 is 5.73 Å². The van der Waals surface area contributed by atoms with Crippen molar-refractivity contribution in [3.63, 3.8) is 0 Å². The van der Waals surface area contributed by atoms with E-state index in [2.05, 4.69) is 4.98 Å². The SMILES string of the molecule is CC1CCN(S(=O)(=O)c2ncccc2F)C1CN. The monoisotopic (exact) mass is 273 g/mol. The van der Waals surface area contributed by atoms with E-state index in [4.69, 9.17) is 5.73 Å². The number of rotatable bonds is 3. The highest BCUT2D eigenvalue weighted by Gasteiger charge is 2.40. The van der Waals surface area contributed by atoms with Gasteiger partial charge in [0.15, 0.2) is 5.82 Å². The number of hydrogen-bond acceptors (Lipinski definition) is 4. The molecule has 1 aromatic heterocycles. The molecule has 2 unspecified atom stereocenters. The minimum absolute atomic E-state index is 0.177. The zero-order valence-electron chi connectivity index (χ0n) is 10.1. The van der Waals surface area contributed by atoms with E-state index < -0.39 is 20.9 Å². The molecule has 7 heteroatoms. The van der Waals surface area contributed by atoms with Crippen LogP contribution in [0.5, 0.6) is 0 Å². The van der Waals surface area contributed by atoms with Gasteiger partial charge < -0.3 is 5.73 Å². The van der Waals surface area contributed by atoms with Gasteiger partial charge in [-0.3, -0.25) is 0 Å². The zero-order chi connectivity index (χ0) is 13.3. The van der Waals surface area contributed by atoms with Crippen LogP contribution in [-0.2, 0) is 10.0 Å². The molecule has 18 heavy (non-hydrogen) atoms. The summed E-state index contributed by atoms with van der Waals surface area (Å²) in [6.07, 6.45) is 2.00. The maximum Gasteiger partial charge on any atom is 0.263 e. The lowest BCUT2D eigenvalue weighted by molar-refractivity contribution is 0.351. The van der Waals surface area contributed by atoms with E-state index >= 15 is 0 Å². The van der Waals surface area contributed by atoms with Crippen LogP contribution >= 0.6 is 0 Å². The molecular weight excluding hydrogens is 257 g/mol. The van der Waals surface area contributed by atoms with Gasteiger partial charge in [-0.1, -0.05) is 6.92 Å². The zero-order valence-corrected chi connectivity index (χ0v) is 10.9. The summed E-state index contributed by atoms with van der Waals surface area (Å²) in [6.45, 7) is 2.54. The minimum atomic E-state index is -3.90. The van der Waals surface area contributed by atoms with Gasteiger partial charge in [-0.25, -0.2) is 17.8 Å². The van der Waals surface area contributed by atoms with Gasteiger partial charge in [0.05, 0.1) is 0 Å². The predicted molar refractivity (Wildman–Crippen MR) is 64.7 cm³/mol. The van der Waals surface area contributed by atoms with Gasteiger partial charge in [0.1, 0.15) is 0 Å². The number of pyridine rings is 1. The largest absolute Gasteiger partial charge is 0.329 e. The van der Waals surface area contributed by atoms with Crippen molar-refractivity contribution in [2.24, 2.45) is 11.7 Å². The molecule has 0 aliphatic carbocycles. The van der Waals surface area contributed by atoms with Crippen LogP contribution in [0.4, 0.5) is 4.39 Å². The fourth-order valence-electron chi connectivity index (χ4n) is 2.29. The summed E-state index contributed by atoms with van der Waals surface area (Å²) >= 11 is 0. The first-order chi connectivity index (χ1) is 8.48. The van der Waals surface area contributed by atoms with E-state index in [-0.39, 0.29) is 18.5 Å². The van der Waals surface area contributed by atoms with Crippen LogP contribution in [0, 0.1) is 11.7 Å². The summed E-state index contributed by atoms with van der Waals surface area (Å²) < 4.78 is 39.5. The van der Waals surface area contributed by atoms with Crippen molar-refractivity contribution in [2.75, 3.05) is 13.1 Å². The van der Waals surface area contributed by atoms with Crippen molar-refractivity contribution in [2.45, 2.75) is 24.4 Å². The Morgan fingerprint density at radius 2 is 2.33 bits per heavy atom. The highest BCUT2D eigenvalue weighted by Crippen LogP contribution is 2.29. The van der Waals surface area contributed by atoms with Gasteiger partial charge >= 0.3 is 0 Å². The van der Waals surface area contributed by atoms with Crippen molar-refractivity contribution in [3.05, 3.63) is 24.1 Å². The summed E-state index contributed by atoms with van der Waals surface area (Å²) in [5, 5.41) is -0.516. The van der Waals surface area contributed by atoms with Crippen molar-refractivity contribution < 1.29 is 12.8 Å². The highest BCUT2D eigenvalue weighted by molar-refractivity contribution is 7.89. The average Bonchev–Trinajstić information content (AvgIpc) is 2.71. The number of halogens is 1. The van der Waals surface area contributed by atoms with Crippen molar-refractivity contribution in [3.8, 4) is 0 Å². The topological polar surface area (TPSA) is 76.3 Å². The van der Waals surface area contributed by atoms with Crippen molar-refractivity contribution in [1.82, 2.24) is 9.29 Å². The van der Waals surface area contributed by atoms with E-state index in [1.54, 1.807) is 0 Å². The lowest BCUT2D eigenvalue weighted by atomic mass is 10.0. The summed E-state index contributed by atoms with van der Waals surface area (Å²) in [7, 11) is -3.90. The summed E-state index contributed by atoms with van der Waals surface area (Å²) in [5.41, 5.74) is 5.61. The molecule has 1 fully saturated rings. The van der Waals surface area contributed by atoms with Gasteiger partial charge in [-0.05, 0) is 24.5 Å². The quantitative estimate of drug-likeness (QED) is 0.874. The Kier molecular flexibility index (Phi) is 3.65. The van der Waals surface area contributed by atoms with Crippen molar-refractivity contribution in [1.29, 1.82) is 0 Å². The molecule has 0 amide bonds. The molecule has 0 bridgehead atoms. The number of nitrogens with zero attached hydrogens (tertiary/aromatic N) is 2. The molecule has 0 aromatic carbocycles.